The lowest BCUT2D eigenvalue weighted by Crippen LogP contribution is -2.46. The third-order valence-corrected chi connectivity index (χ3v) is 4.81. The van der Waals surface area contributed by atoms with Crippen molar-refractivity contribution in [2.75, 3.05) is 0 Å². The number of benzene rings is 1. The van der Waals surface area contributed by atoms with Crippen LogP contribution in [-0.4, -0.2) is 23.0 Å². The Labute approximate surface area is 114 Å². The van der Waals surface area contributed by atoms with Gasteiger partial charge in [0.2, 0.25) is 0 Å². The summed E-state index contributed by atoms with van der Waals surface area (Å²) in [5, 5.41) is 0.833. The maximum Gasteiger partial charge on any atom is 0.0408 e. The lowest BCUT2D eigenvalue weighted by atomic mass is 9.97. The highest BCUT2D eigenvalue weighted by Gasteiger charge is 2.39. The number of halogens is 1. The van der Waals surface area contributed by atoms with E-state index in [-0.39, 0.29) is 0 Å². The van der Waals surface area contributed by atoms with Crippen molar-refractivity contribution in [1.82, 2.24) is 4.90 Å². The van der Waals surface area contributed by atoms with Crippen molar-refractivity contribution < 1.29 is 0 Å². The molecule has 0 aromatic heterocycles. The Kier molecular flexibility index (Phi) is 3.35. The van der Waals surface area contributed by atoms with Crippen molar-refractivity contribution >= 4 is 11.6 Å². The van der Waals surface area contributed by atoms with Gasteiger partial charge in [-0.2, -0.15) is 0 Å². The molecular weight excluding hydrogens is 244 g/mol. The molecule has 0 aliphatic carbocycles. The first-order chi connectivity index (χ1) is 8.63. The number of hydrogen-bond acceptors (Lipinski definition) is 2. The van der Waals surface area contributed by atoms with Crippen molar-refractivity contribution in [2.24, 2.45) is 5.73 Å². The van der Waals surface area contributed by atoms with Gasteiger partial charge < -0.3 is 5.73 Å². The molecular formula is C15H21ClN2. The zero-order valence-electron chi connectivity index (χ0n) is 10.9. The maximum absolute atomic E-state index is 6.12. The fourth-order valence-corrected chi connectivity index (χ4v) is 3.83. The van der Waals surface area contributed by atoms with Gasteiger partial charge in [-0.25, -0.2) is 0 Å². The van der Waals surface area contributed by atoms with E-state index >= 15 is 0 Å². The Bertz CT molecular complexity index is 432. The molecule has 2 bridgehead atoms. The standard InChI is InChI=1S/C15H21ClN2/c1-10-6-12(16)3-2-11(10)9-18-14-4-5-15(18)8-13(17)7-14/h2-3,6,13-15H,4-5,7-9,17H2,1H3. The third-order valence-electron chi connectivity index (χ3n) is 4.58. The van der Waals surface area contributed by atoms with E-state index in [1.165, 1.54) is 36.8 Å². The third kappa shape index (κ3) is 2.29. The average molecular weight is 265 g/mol. The van der Waals surface area contributed by atoms with Crippen molar-refractivity contribution in [1.29, 1.82) is 0 Å². The SMILES string of the molecule is Cc1cc(Cl)ccc1CN1C2CCC1CC(N)C2. The normalized spacial score (nSPS) is 31.8. The van der Waals surface area contributed by atoms with Crippen LogP contribution in [0.1, 0.15) is 36.8 Å². The van der Waals surface area contributed by atoms with Crippen LogP contribution in [0.5, 0.6) is 0 Å². The van der Waals surface area contributed by atoms with E-state index in [0.29, 0.717) is 18.1 Å². The number of nitrogens with two attached hydrogens (primary N) is 1. The first kappa shape index (κ1) is 12.5. The Morgan fingerprint density at radius 1 is 1.28 bits per heavy atom. The maximum atomic E-state index is 6.12. The number of piperidine rings is 1. The predicted octanol–water partition coefficient (Wildman–Crippen LogP) is 3.10. The summed E-state index contributed by atoms with van der Waals surface area (Å²) in [4.78, 5) is 2.67. The van der Waals surface area contributed by atoms with Crippen LogP contribution in [0.15, 0.2) is 18.2 Å². The highest BCUT2D eigenvalue weighted by Crippen LogP contribution is 2.36. The lowest BCUT2D eigenvalue weighted by Gasteiger charge is -2.38. The summed E-state index contributed by atoms with van der Waals surface area (Å²) in [6.07, 6.45) is 4.99. The molecule has 2 saturated heterocycles. The van der Waals surface area contributed by atoms with Gasteiger partial charge in [0.15, 0.2) is 0 Å². The Hall–Kier alpha value is -0.570. The van der Waals surface area contributed by atoms with Crippen molar-refractivity contribution in [3.8, 4) is 0 Å². The summed E-state index contributed by atoms with van der Waals surface area (Å²) >= 11 is 6.02. The van der Waals surface area contributed by atoms with Gasteiger partial charge in [-0.3, -0.25) is 4.90 Å². The van der Waals surface area contributed by atoms with Crippen LogP contribution in [0.2, 0.25) is 5.02 Å². The summed E-state index contributed by atoms with van der Waals surface area (Å²) < 4.78 is 0. The molecule has 1 aromatic rings. The molecule has 2 heterocycles. The predicted molar refractivity (Wildman–Crippen MR) is 75.8 cm³/mol. The number of aryl methyl sites for hydroxylation is 1. The molecule has 3 rings (SSSR count). The van der Waals surface area contributed by atoms with Gasteiger partial charge in [0, 0.05) is 29.7 Å². The van der Waals surface area contributed by atoms with Crippen LogP contribution >= 0.6 is 11.6 Å². The van der Waals surface area contributed by atoms with Gasteiger partial charge in [-0.15, -0.1) is 0 Å². The summed E-state index contributed by atoms with van der Waals surface area (Å²) in [5.74, 6) is 0. The molecule has 18 heavy (non-hydrogen) atoms. The zero-order chi connectivity index (χ0) is 12.7. The minimum Gasteiger partial charge on any atom is -0.328 e. The Morgan fingerprint density at radius 3 is 2.56 bits per heavy atom. The van der Waals surface area contributed by atoms with Gasteiger partial charge in [-0.05, 0) is 55.9 Å². The second-order valence-corrected chi connectivity index (χ2v) is 6.30. The fraction of sp³-hybridized carbons (Fsp3) is 0.600. The number of hydrogen-bond donors (Lipinski definition) is 1. The molecule has 2 aliphatic rings. The quantitative estimate of drug-likeness (QED) is 0.889. The highest BCUT2D eigenvalue weighted by molar-refractivity contribution is 6.30. The van der Waals surface area contributed by atoms with Gasteiger partial charge in [0.1, 0.15) is 0 Å². The van der Waals surface area contributed by atoms with Crippen molar-refractivity contribution in [2.45, 2.75) is 57.3 Å². The Balaban J connectivity index is 1.77. The Morgan fingerprint density at radius 2 is 1.94 bits per heavy atom. The van der Waals surface area contributed by atoms with Gasteiger partial charge >= 0.3 is 0 Å². The van der Waals surface area contributed by atoms with E-state index in [9.17, 15) is 0 Å². The minimum atomic E-state index is 0.421. The van der Waals surface area contributed by atoms with Crippen LogP contribution in [0.3, 0.4) is 0 Å². The molecule has 0 spiro atoms. The molecule has 98 valence electrons. The zero-order valence-corrected chi connectivity index (χ0v) is 11.7. The van der Waals surface area contributed by atoms with Crippen LogP contribution in [0, 0.1) is 6.92 Å². The van der Waals surface area contributed by atoms with E-state index in [1.54, 1.807) is 0 Å². The smallest absolute Gasteiger partial charge is 0.0408 e. The molecule has 2 N–H and O–H groups in total. The second kappa shape index (κ2) is 4.84. The van der Waals surface area contributed by atoms with Crippen molar-refractivity contribution in [3.63, 3.8) is 0 Å². The van der Waals surface area contributed by atoms with Crippen LogP contribution in [0.4, 0.5) is 0 Å². The first-order valence-corrected chi connectivity index (χ1v) is 7.27. The second-order valence-electron chi connectivity index (χ2n) is 5.86. The summed E-state index contributed by atoms with van der Waals surface area (Å²) in [6.45, 7) is 3.21. The van der Waals surface area contributed by atoms with E-state index in [4.69, 9.17) is 17.3 Å². The van der Waals surface area contributed by atoms with Crippen LogP contribution in [-0.2, 0) is 6.54 Å². The molecule has 1 aromatic carbocycles. The molecule has 2 unspecified atom stereocenters. The highest BCUT2D eigenvalue weighted by atomic mass is 35.5. The molecule has 0 radical (unpaired) electrons. The topological polar surface area (TPSA) is 29.3 Å². The molecule has 0 saturated carbocycles. The number of nitrogens with zero attached hydrogens (tertiary/aromatic N) is 1. The molecule has 2 fully saturated rings. The van der Waals surface area contributed by atoms with E-state index in [2.05, 4.69) is 24.0 Å². The number of rotatable bonds is 2. The molecule has 0 amide bonds. The fourth-order valence-electron chi connectivity index (χ4n) is 3.61. The minimum absolute atomic E-state index is 0.421. The van der Waals surface area contributed by atoms with Crippen LogP contribution in [0.25, 0.3) is 0 Å². The van der Waals surface area contributed by atoms with E-state index in [1.807, 2.05) is 6.07 Å². The first-order valence-electron chi connectivity index (χ1n) is 6.90. The largest absolute Gasteiger partial charge is 0.328 e. The van der Waals surface area contributed by atoms with Gasteiger partial charge in [-0.1, -0.05) is 17.7 Å². The summed E-state index contributed by atoms with van der Waals surface area (Å²) in [5.41, 5.74) is 8.83. The van der Waals surface area contributed by atoms with Crippen LogP contribution < -0.4 is 5.73 Å². The lowest BCUT2D eigenvalue weighted by molar-refractivity contribution is 0.119. The molecule has 2 nitrogen and oxygen atoms in total. The van der Waals surface area contributed by atoms with E-state index in [0.717, 1.165) is 11.6 Å². The summed E-state index contributed by atoms with van der Waals surface area (Å²) in [7, 11) is 0. The molecule has 2 aliphatic heterocycles. The van der Waals surface area contributed by atoms with Gasteiger partial charge in [0.25, 0.3) is 0 Å². The summed E-state index contributed by atoms with van der Waals surface area (Å²) in [6, 6.07) is 8.06. The molecule has 2 atom stereocenters. The van der Waals surface area contributed by atoms with E-state index < -0.39 is 0 Å². The molecule has 3 heteroatoms. The number of fused-ring (bicyclic) bond motifs is 2. The average Bonchev–Trinajstić information content (AvgIpc) is 2.56. The van der Waals surface area contributed by atoms with Crippen molar-refractivity contribution in [3.05, 3.63) is 34.3 Å². The van der Waals surface area contributed by atoms with Gasteiger partial charge in [0.05, 0.1) is 0 Å². The monoisotopic (exact) mass is 264 g/mol.